The molecule has 1 aliphatic rings. The lowest BCUT2D eigenvalue weighted by Crippen LogP contribution is -2.41. The van der Waals surface area contributed by atoms with Gasteiger partial charge in [0.05, 0.1) is 4.90 Å². The van der Waals surface area contributed by atoms with Gasteiger partial charge in [-0.05, 0) is 43.7 Å². The largest absolute Gasteiger partial charge is 0.435 e. The van der Waals surface area contributed by atoms with E-state index in [4.69, 9.17) is 11.6 Å². The minimum absolute atomic E-state index is 0.000197. The maximum Gasteiger partial charge on any atom is 0.435 e. The Bertz CT molecular complexity index is 1260. The summed E-state index contributed by atoms with van der Waals surface area (Å²) < 4.78 is 68.2. The molecule has 10 heteroatoms. The zero-order valence-electron chi connectivity index (χ0n) is 16.4. The molecule has 0 fully saturated rings. The second kappa shape index (κ2) is 7.49. The summed E-state index contributed by atoms with van der Waals surface area (Å²) in [5, 5.41) is 2.83. The van der Waals surface area contributed by atoms with Crippen LogP contribution in [0.5, 0.6) is 0 Å². The number of fused-ring (bicyclic) bond motifs is 1. The van der Waals surface area contributed by atoms with Crippen LogP contribution in [0.4, 0.5) is 19.0 Å². The number of aromatic nitrogens is 2. The van der Waals surface area contributed by atoms with Crippen LogP contribution in [-0.2, 0) is 16.0 Å². The molecule has 3 aromatic rings. The Hall–Kier alpha value is -2.65. The molecule has 0 saturated heterocycles. The van der Waals surface area contributed by atoms with Crippen molar-refractivity contribution in [2.75, 3.05) is 0 Å². The van der Waals surface area contributed by atoms with Crippen LogP contribution in [0.15, 0.2) is 64.5 Å². The Morgan fingerprint density at radius 1 is 1.00 bits per heavy atom. The van der Waals surface area contributed by atoms with Crippen LogP contribution in [-0.4, -0.2) is 29.2 Å². The fourth-order valence-electron chi connectivity index (χ4n) is 3.66. The minimum Gasteiger partial charge on any atom is -0.238 e. The smallest absolute Gasteiger partial charge is 0.238 e. The molecule has 162 valence electrons. The molecule has 0 spiro atoms. The number of hydrogen-bond acceptors (Lipinski definition) is 4. The molecular weight excluding hydrogens is 451 g/mol. The van der Waals surface area contributed by atoms with Gasteiger partial charge in [-0.15, -0.1) is 0 Å². The molecule has 1 aliphatic heterocycles. The zero-order valence-corrected chi connectivity index (χ0v) is 18.0. The average molecular weight is 468 g/mol. The maximum absolute atomic E-state index is 13.6. The lowest BCUT2D eigenvalue weighted by Gasteiger charge is -2.31. The van der Waals surface area contributed by atoms with Gasteiger partial charge in [-0.25, -0.2) is 18.1 Å². The van der Waals surface area contributed by atoms with E-state index in [1.54, 1.807) is 24.3 Å². The fraction of sp³-hybridized carbons (Fsp3) is 0.238. The van der Waals surface area contributed by atoms with Gasteiger partial charge in [0.25, 0.3) is 0 Å². The van der Waals surface area contributed by atoms with Crippen molar-refractivity contribution in [3.8, 4) is 0 Å². The molecule has 2 heterocycles. The molecule has 0 saturated carbocycles. The average Bonchev–Trinajstić information content (AvgIpc) is 3.12. The van der Waals surface area contributed by atoms with Gasteiger partial charge in [-0.2, -0.15) is 18.3 Å². The summed E-state index contributed by atoms with van der Waals surface area (Å²) in [5.74, 6) is -0.0436. The second-order valence-electron chi connectivity index (χ2n) is 7.36. The number of halogens is 4. The third-order valence-electron chi connectivity index (χ3n) is 5.15. The lowest BCUT2D eigenvalue weighted by molar-refractivity contribution is -0.141. The van der Waals surface area contributed by atoms with E-state index < -0.39 is 33.0 Å². The van der Waals surface area contributed by atoms with E-state index in [1.807, 2.05) is 6.92 Å². The van der Waals surface area contributed by atoms with Crippen molar-refractivity contribution in [3.05, 3.63) is 76.4 Å². The Kier molecular flexibility index (Phi) is 5.21. The highest BCUT2D eigenvalue weighted by Crippen LogP contribution is 2.41. The van der Waals surface area contributed by atoms with Crippen molar-refractivity contribution in [2.24, 2.45) is 4.99 Å². The second-order valence-corrected chi connectivity index (χ2v) is 9.86. The predicted octanol–water partition coefficient (Wildman–Crippen LogP) is 5.40. The Morgan fingerprint density at radius 2 is 1.61 bits per heavy atom. The van der Waals surface area contributed by atoms with E-state index in [0.717, 1.165) is 16.3 Å². The first-order valence-electron chi connectivity index (χ1n) is 9.26. The molecule has 5 nitrogen and oxygen atoms in total. The standard InChI is InChI=1S/C21H17ClF3N3O2S/c1-12-3-5-14(6-4-12)19-20(31(29,30)16-9-7-15(22)8-10-16)13(2)26-18-11-17(21(23,24)25)27-28(18)19/h3-11,19-20H,1-2H3. The Morgan fingerprint density at radius 3 is 2.19 bits per heavy atom. The summed E-state index contributed by atoms with van der Waals surface area (Å²) in [6, 6.07) is 12.4. The van der Waals surface area contributed by atoms with E-state index in [-0.39, 0.29) is 16.4 Å². The fourth-order valence-corrected chi connectivity index (χ4v) is 5.71. The first-order chi connectivity index (χ1) is 14.5. The molecule has 0 aliphatic carbocycles. The number of benzene rings is 2. The normalized spacial score (nSPS) is 19.1. The quantitative estimate of drug-likeness (QED) is 0.518. The van der Waals surface area contributed by atoms with Gasteiger partial charge in [0.2, 0.25) is 0 Å². The van der Waals surface area contributed by atoms with Crippen LogP contribution in [0, 0.1) is 6.92 Å². The summed E-state index contributed by atoms with van der Waals surface area (Å²) in [6.07, 6.45) is -4.68. The number of aliphatic imine (C=N–C) groups is 1. The predicted molar refractivity (Wildman–Crippen MR) is 112 cm³/mol. The zero-order chi connectivity index (χ0) is 22.6. The summed E-state index contributed by atoms with van der Waals surface area (Å²) >= 11 is 5.89. The van der Waals surface area contributed by atoms with Crippen molar-refractivity contribution in [2.45, 2.75) is 36.2 Å². The van der Waals surface area contributed by atoms with Crippen molar-refractivity contribution in [3.63, 3.8) is 0 Å². The van der Waals surface area contributed by atoms with Gasteiger partial charge in [-0.1, -0.05) is 41.4 Å². The van der Waals surface area contributed by atoms with E-state index in [0.29, 0.717) is 10.6 Å². The number of alkyl halides is 3. The summed E-state index contributed by atoms with van der Waals surface area (Å²) in [6.45, 7) is 3.36. The molecule has 0 bridgehead atoms. The van der Waals surface area contributed by atoms with Gasteiger partial charge in [0.1, 0.15) is 11.3 Å². The van der Waals surface area contributed by atoms with E-state index in [2.05, 4.69) is 10.1 Å². The van der Waals surface area contributed by atoms with Crippen molar-refractivity contribution >= 4 is 33.0 Å². The topological polar surface area (TPSA) is 64.3 Å². The van der Waals surface area contributed by atoms with Crippen LogP contribution in [0.25, 0.3) is 0 Å². The number of sulfone groups is 1. The first kappa shape index (κ1) is 21.6. The summed E-state index contributed by atoms with van der Waals surface area (Å²) in [7, 11) is -4.04. The van der Waals surface area contributed by atoms with E-state index >= 15 is 0 Å². The van der Waals surface area contributed by atoms with Crippen LogP contribution in [0.3, 0.4) is 0 Å². The molecule has 1 aromatic heterocycles. The van der Waals surface area contributed by atoms with Gasteiger partial charge < -0.3 is 0 Å². The van der Waals surface area contributed by atoms with Gasteiger partial charge >= 0.3 is 6.18 Å². The molecule has 0 radical (unpaired) electrons. The lowest BCUT2D eigenvalue weighted by atomic mass is 9.99. The maximum atomic E-state index is 13.6. The van der Waals surface area contributed by atoms with Crippen molar-refractivity contribution < 1.29 is 21.6 Å². The van der Waals surface area contributed by atoms with Gasteiger partial charge in [0, 0.05) is 16.8 Å². The third-order valence-corrected chi connectivity index (χ3v) is 7.60. The summed E-state index contributed by atoms with van der Waals surface area (Å²) in [5.41, 5.74) is 0.501. The highest BCUT2D eigenvalue weighted by atomic mass is 35.5. The highest BCUT2D eigenvalue weighted by molar-refractivity contribution is 7.92. The molecular formula is C21H17ClF3N3O2S. The van der Waals surface area contributed by atoms with Crippen molar-refractivity contribution in [1.29, 1.82) is 0 Å². The van der Waals surface area contributed by atoms with E-state index in [9.17, 15) is 21.6 Å². The summed E-state index contributed by atoms with van der Waals surface area (Å²) in [4.78, 5) is 4.18. The molecule has 2 atom stereocenters. The number of hydrogen-bond donors (Lipinski definition) is 0. The van der Waals surface area contributed by atoms with Crippen LogP contribution in [0.2, 0.25) is 5.02 Å². The molecule has 2 unspecified atom stereocenters. The molecule has 2 aromatic carbocycles. The van der Waals surface area contributed by atoms with Crippen LogP contribution >= 0.6 is 11.6 Å². The first-order valence-corrected chi connectivity index (χ1v) is 11.2. The number of aryl methyl sites for hydroxylation is 1. The minimum atomic E-state index is -4.68. The van der Waals surface area contributed by atoms with Crippen molar-refractivity contribution in [1.82, 2.24) is 9.78 Å². The Labute approximate surface area is 182 Å². The van der Waals surface area contributed by atoms with Gasteiger partial charge in [0.15, 0.2) is 21.3 Å². The number of rotatable bonds is 3. The van der Waals surface area contributed by atoms with E-state index in [1.165, 1.54) is 31.2 Å². The monoisotopic (exact) mass is 467 g/mol. The molecule has 0 N–H and O–H groups in total. The van der Waals surface area contributed by atoms with Gasteiger partial charge in [-0.3, -0.25) is 0 Å². The Balaban J connectivity index is 1.94. The molecule has 31 heavy (non-hydrogen) atoms. The third kappa shape index (κ3) is 3.87. The highest BCUT2D eigenvalue weighted by Gasteiger charge is 2.45. The number of nitrogens with zero attached hydrogens (tertiary/aromatic N) is 3. The van der Waals surface area contributed by atoms with Crippen LogP contribution in [0.1, 0.15) is 29.8 Å². The van der Waals surface area contributed by atoms with Crippen LogP contribution < -0.4 is 0 Å². The molecule has 4 rings (SSSR count). The molecule has 0 amide bonds. The SMILES string of the molecule is CC1=Nc2cc(C(F)(F)F)nn2C(c2ccc(C)cc2)C1S(=O)(=O)c1ccc(Cl)cc1.